The lowest BCUT2D eigenvalue weighted by Gasteiger charge is -2.30. The first kappa shape index (κ1) is 15.7. The first-order valence-electron chi connectivity index (χ1n) is 7.01. The van der Waals surface area contributed by atoms with Crippen LogP contribution in [-0.2, 0) is 4.79 Å². The monoisotopic (exact) mass is 262 g/mol. The zero-order valence-electron chi connectivity index (χ0n) is 12.9. The van der Waals surface area contributed by atoms with Crippen LogP contribution in [0.2, 0.25) is 0 Å². The zero-order chi connectivity index (χ0) is 14.6. The number of aryl methyl sites for hydroxylation is 2. The molecule has 1 unspecified atom stereocenters. The number of nitrogens with zero attached hydrogens (tertiary/aromatic N) is 1. The lowest BCUT2D eigenvalue weighted by Crippen LogP contribution is -2.45. The molecule has 0 heterocycles. The van der Waals surface area contributed by atoms with Crippen LogP contribution in [0.4, 0.5) is 5.69 Å². The number of rotatable bonds is 5. The van der Waals surface area contributed by atoms with E-state index >= 15 is 0 Å². The van der Waals surface area contributed by atoms with Crippen LogP contribution in [0.15, 0.2) is 18.2 Å². The zero-order valence-corrected chi connectivity index (χ0v) is 12.9. The average molecular weight is 262 g/mol. The first-order chi connectivity index (χ1) is 8.88. The highest BCUT2D eigenvalue weighted by atomic mass is 16.2. The van der Waals surface area contributed by atoms with Crippen molar-refractivity contribution in [1.82, 2.24) is 4.90 Å². The van der Waals surface area contributed by atoms with Crippen molar-refractivity contribution in [2.24, 2.45) is 0 Å². The fourth-order valence-electron chi connectivity index (χ4n) is 2.48. The van der Waals surface area contributed by atoms with Gasteiger partial charge < -0.3 is 5.32 Å². The predicted molar refractivity (Wildman–Crippen MR) is 81.5 cm³/mol. The smallest absolute Gasteiger partial charge is 0.241 e. The number of hydrogen-bond donors (Lipinski definition) is 1. The van der Waals surface area contributed by atoms with E-state index < -0.39 is 0 Å². The molecule has 0 saturated heterocycles. The Morgan fingerprint density at radius 2 is 1.74 bits per heavy atom. The van der Waals surface area contributed by atoms with Crippen molar-refractivity contribution in [2.75, 3.05) is 11.9 Å². The molecule has 19 heavy (non-hydrogen) atoms. The van der Waals surface area contributed by atoms with E-state index in [1.54, 1.807) is 0 Å². The normalized spacial score (nSPS) is 12.8. The summed E-state index contributed by atoms with van der Waals surface area (Å²) in [5.74, 6) is 0.0629. The minimum Gasteiger partial charge on any atom is -0.324 e. The van der Waals surface area contributed by atoms with Gasteiger partial charge in [-0.05, 0) is 52.3 Å². The molecule has 1 rings (SSSR count). The third kappa shape index (κ3) is 3.80. The molecule has 0 aromatic heterocycles. The summed E-state index contributed by atoms with van der Waals surface area (Å²) in [7, 11) is 0. The fraction of sp³-hybridized carbons (Fsp3) is 0.562. The first-order valence-corrected chi connectivity index (χ1v) is 7.01. The number of para-hydroxylation sites is 1. The summed E-state index contributed by atoms with van der Waals surface area (Å²) in [4.78, 5) is 14.6. The summed E-state index contributed by atoms with van der Waals surface area (Å²) < 4.78 is 0. The molecule has 1 aromatic carbocycles. The quantitative estimate of drug-likeness (QED) is 0.882. The number of carbonyl (C=O) groups is 1. The van der Waals surface area contributed by atoms with Gasteiger partial charge in [-0.15, -0.1) is 0 Å². The van der Waals surface area contributed by atoms with E-state index in [4.69, 9.17) is 0 Å². The molecule has 0 spiro atoms. The van der Waals surface area contributed by atoms with E-state index in [1.165, 1.54) is 0 Å². The van der Waals surface area contributed by atoms with E-state index in [9.17, 15) is 4.79 Å². The molecule has 0 aliphatic rings. The Balaban J connectivity index is 2.85. The Morgan fingerprint density at radius 3 is 2.16 bits per heavy atom. The number of nitrogens with one attached hydrogen (secondary N) is 1. The van der Waals surface area contributed by atoms with Crippen molar-refractivity contribution in [1.29, 1.82) is 0 Å². The number of anilines is 1. The van der Waals surface area contributed by atoms with Crippen molar-refractivity contribution in [3.8, 4) is 0 Å². The third-order valence-electron chi connectivity index (χ3n) is 3.63. The van der Waals surface area contributed by atoms with E-state index in [1.807, 2.05) is 39.0 Å². The molecule has 0 radical (unpaired) electrons. The largest absolute Gasteiger partial charge is 0.324 e. The van der Waals surface area contributed by atoms with Crippen molar-refractivity contribution in [2.45, 2.75) is 53.6 Å². The maximum Gasteiger partial charge on any atom is 0.241 e. The standard InChI is InChI=1S/C16H26N2O/c1-7-18(11(2)3)14(6)16(19)17-15-12(4)9-8-10-13(15)5/h8-11,14H,7H2,1-6H3,(H,17,19). The number of likely N-dealkylation sites (N-methyl/N-ethyl adjacent to an activating group) is 1. The molecule has 1 N–H and O–H groups in total. The number of hydrogen-bond acceptors (Lipinski definition) is 2. The molecule has 0 fully saturated rings. The second kappa shape index (κ2) is 6.71. The summed E-state index contributed by atoms with van der Waals surface area (Å²) in [6.07, 6.45) is 0. The van der Waals surface area contributed by atoms with Gasteiger partial charge >= 0.3 is 0 Å². The van der Waals surface area contributed by atoms with Gasteiger partial charge in [-0.1, -0.05) is 25.1 Å². The Hall–Kier alpha value is -1.35. The summed E-state index contributed by atoms with van der Waals surface area (Å²) in [6, 6.07) is 6.30. The summed E-state index contributed by atoms with van der Waals surface area (Å²) in [5, 5.41) is 3.07. The van der Waals surface area contributed by atoms with Crippen LogP contribution in [0.25, 0.3) is 0 Å². The van der Waals surface area contributed by atoms with Crippen LogP contribution in [-0.4, -0.2) is 29.4 Å². The second-order valence-corrected chi connectivity index (χ2v) is 5.36. The molecule has 0 saturated carbocycles. The van der Waals surface area contributed by atoms with Crippen LogP contribution in [0.1, 0.15) is 38.8 Å². The van der Waals surface area contributed by atoms with Gasteiger partial charge in [0.15, 0.2) is 0 Å². The predicted octanol–water partition coefficient (Wildman–Crippen LogP) is 3.36. The Bertz CT molecular complexity index is 420. The number of benzene rings is 1. The van der Waals surface area contributed by atoms with Crippen molar-refractivity contribution in [3.63, 3.8) is 0 Å². The highest BCUT2D eigenvalue weighted by Gasteiger charge is 2.22. The van der Waals surface area contributed by atoms with E-state index in [2.05, 4.69) is 31.0 Å². The van der Waals surface area contributed by atoms with Gasteiger partial charge in [0.2, 0.25) is 5.91 Å². The van der Waals surface area contributed by atoms with Gasteiger partial charge in [0.1, 0.15) is 0 Å². The third-order valence-corrected chi connectivity index (χ3v) is 3.63. The average Bonchev–Trinajstić information content (AvgIpc) is 2.34. The van der Waals surface area contributed by atoms with Gasteiger partial charge in [0.05, 0.1) is 6.04 Å². The summed E-state index contributed by atoms with van der Waals surface area (Å²) in [6.45, 7) is 13.2. The summed E-state index contributed by atoms with van der Waals surface area (Å²) in [5.41, 5.74) is 3.15. The van der Waals surface area contributed by atoms with E-state index in [-0.39, 0.29) is 11.9 Å². The topological polar surface area (TPSA) is 32.3 Å². The number of carbonyl (C=O) groups excluding carboxylic acids is 1. The van der Waals surface area contributed by atoms with Gasteiger partial charge in [-0.25, -0.2) is 0 Å². The van der Waals surface area contributed by atoms with Crippen molar-refractivity contribution < 1.29 is 4.79 Å². The number of amides is 1. The van der Waals surface area contributed by atoms with E-state index in [0.717, 1.165) is 23.4 Å². The minimum atomic E-state index is -0.121. The van der Waals surface area contributed by atoms with Gasteiger partial charge in [0, 0.05) is 11.7 Å². The molecule has 106 valence electrons. The molecule has 0 aliphatic carbocycles. The molecule has 1 amide bonds. The van der Waals surface area contributed by atoms with Crippen LogP contribution >= 0.6 is 0 Å². The maximum absolute atomic E-state index is 12.4. The molecule has 3 nitrogen and oxygen atoms in total. The Labute approximate surface area is 117 Å². The highest BCUT2D eigenvalue weighted by Crippen LogP contribution is 2.20. The lowest BCUT2D eigenvalue weighted by atomic mass is 10.1. The molecular formula is C16H26N2O. The fourth-order valence-corrected chi connectivity index (χ4v) is 2.48. The van der Waals surface area contributed by atoms with Crippen LogP contribution in [0, 0.1) is 13.8 Å². The lowest BCUT2D eigenvalue weighted by molar-refractivity contribution is -0.121. The maximum atomic E-state index is 12.4. The summed E-state index contributed by atoms with van der Waals surface area (Å²) >= 11 is 0. The Kier molecular flexibility index (Phi) is 5.55. The second-order valence-electron chi connectivity index (χ2n) is 5.36. The SMILES string of the molecule is CCN(C(C)C)C(C)C(=O)Nc1c(C)cccc1C. The van der Waals surface area contributed by atoms with Gasteiger partial charge in [-0.2, -0.15) is 0 Å². The van der Waals surface area contributed by atoms with Crippen LogP contribution in [0.3, 0.4) is 0 Å². The van der Waals surface area contributed by atoms with Crippen LogP contribution < -0.4 is 5.32 Å². The molecule has 0 bridgehead atoms. The van der Waals surface area contributed by atoms with Crippen molar-refractivity contribution in [3.05, 3.63) is 29.3 Å². The molecular weight excluding hydrogens is 236 g/mol. The Morgan fingerprint density at radius 1 is 1.21 bits per heavy atom. The van der Waals surface area contributed by atoms with Gasteiger partial charge in [-0.3, -0.25) is 9.69 Å². The van der Waals surface area contributed by atoms with Gasteiger partial charge in [0.25, 0.3) is 0 Å². The highest BCUT2D eigenvalue weighted by molar-refractivity contribution is 5.95. The molecule has 1 atom stereocenters. The van der Waals surface area contributed by atoms with E-state index in [0.29, 0.717) is 6.04 Å². The molecule has 0 aliphatic heterocycles. The van der Waals surface area contributed by atoms with Crippen LogP contribution in [0.5, 0.6) is 0 Å². The molecule has 3 heteroatoms. The molecule has 1 aromatic rings. The van der Waals surface area contributed by atoms with Crippen molar-refractivity contribution >= 4 is 11.6 Å². The minimum absolute atomic E-state index is 0.0629.